The Labute approximate surface area is 190 Å². The number of amides is 1. The van der Waals surface area contributed by atoms with Gasteiger partial charge in [0, 0.05) is 24.7 Å². The lowest BCUT2D eigenvalue weighted by molar-refractivity contribution is 0.0170. The molecule has 1 amide bonds. The molecule has 0 bridgehead atoms. The van der Waals surface area contributed by atoms with Crippen molar-refractivity contribution in [1.82, 2.24) is 30.0 Å². The number of aryl methyl sites for hydroxylation is 1. The molecule has 1 fully saturated rings. The molecule has 9 heteroatoms. The number of rotatable bonds is 4. The lowest BCUT2D eigenvalue weighted by Gasteiger charge is -2.28. The predicted molar refractivity (Wildman–Crippen MR) is 121 cm³/mol. The van der Waals surface area contributed by atoms with Gasteiger partial charge in [0.15, 0.2) is 0 Å². The average molecular weight is 454 g/mol. The molecule has 0 unspecified atom stereocenters. The molecule has 31 heavy (non-hydrogen) atoms. The summed E-state index contributed by atoms with van der Waals surface area (Å²) in [6.07, 6.45) is 1.37. The number of hydrogen-bond acceptors (Lipinski definition) is 6. The maximum Gasteiger partial charge on any atom is 0.270 e. The first-order chi connectivity index (χ1) is 15.4. The molecule has 1 saturated heterocycles. The van der Waals surface area contributed by atoms with E-state index in [2.05, 4.69) is 39.2 Å². The van der Waals surface area contributed by atoms with Gasteiger partial charge in [-0.15, -0.1) is 11.3 Å². The topological polar surface area (TPSA) is 67.2 Å². The lowest BCUT2D eigenvalue weighted by atomic mass is 10.1. The largest absolute Gasteiger partial charge is 0.271 e. The SMILES string of the molecule is [2H]c1cnn(-c2ccc(Cl)cc2C(=O)N2C[C@H](C)CN2Cc2ccc3nc(C)sc3c2)n1. The van der Waals surface area contributed by atoms with Gasteiger partial charge in [-0.3, -0.25) is 9.80 Å². The molecule has 0 N–H and O–H groups in total. The van der Waals surface area contributed by atoms with Crippen molar-refractivity contribution in [3.63, 3.8) is 0 Å². The van der Waals surface area contributed by atoms with E-state index in [-0.39, 0.29) is 12.1 Å². The molecule has 0 aliphatic carbocycles. The van der Waals surface area contributed by atoms with E-state index in [1.165, 1.54) is 11.0 Å². The Bertz CT molecular complexity index is 1320. The molecule has 0 spiro atoms. The van der Waals surface area contributed by atoms with Crippen molar-refractivity contribution in [3.05, 3.63) is 69.9 Å². The van der Waals surface area contributed by atoms with Crippen LogP contribution in [0.5, 0.6) is 0 Å². The van der Waals surface area contributed by atoms with E-state index in [0.717, 1.165) is 27.3 Å². The van der Waals surface area contributed by atoms with E-state index < -0.39 is 0 Å². The smallest absolute Gasteiger partial charge is 0.270 e. The minimum Gasteiger partial charge on any atom is -0.271 e. The van der Waals surface area contributed by atoms with E-state index in [1.807, 2.05) is 13.0 Å². The molecule has 0 radical (unpaired) electrons. The van der Waals surface area contributed by atoms with Crippen LogP contribution in [0, 0.1) is 12.8 Å². The third-order valence-corrected chi connectivity index (χ3v) is 6.46. The van der Waals surface area contributed by atoms with Crippen molar-refractivity contribution in [2.75, 3.05) is 13.1 Å². The lowest BCUT2D eigenvalue weighted by Crippen LogP contribution is -2.41. The number of carbonyl (C=O) groups excluding carboxylic acids is 1. The molecule has 3 heterocycles. The second-order valence-electron chi connectivity index (χ2n) is 7.80. The summed E-state index contributed by atoms with van der Waals surface area (Å²) in [6.45, 7) is 6.15. The van der Waals surface area contributed by atoms with Gasteiger partial charge in [0.05, 0.1) is 40.2 Å². The molecule has 158 valence electrons. The zero-order valence-electron chi connectivity index (χ0n) is 18.1. The Kier molecular flexibility index (Phi) is 4.90. The molecular formula is C22H21ClN6OS. The molecule has 1 atom stereocenters. The fourth-order valence-electron chi connectivity index (χ4n) is 3.98. The number of fused-ring (bicyclic) bond motifs is 1. The number of nitrogens with zero attached hydrogens (tertiary/aromatic N) is 6. The summed E-state index contributed by atoms with van der Waals surface area (Å²) in [5, 5.41) is 13.5. The van der Waals surface area contributed by atoms with Crippen LogP contribution < -0.4 is 0 Å². The molecule has 4 aromatic rings. The van der Waals surface area contributed by atoms with Gasteiger partial charge in [0.1, 0.15) is 0 Å². The maximum atomic E-state index is 13.7. The van der Waals surface area contributed by atoms with E-state index >= 15 is 0 Å². The van der Waals surface area contributed by atoms with Gasteiger partial charge in [-0.2, -0.15) is 15.0 Å². The molecule has 2 aromatic carbocycles. The van der Waals surface area contributed by atoms with Crippen LogP contribution in [0.3, 0.4) is 0 Å². The Morgan fingerprint density at radius 3 is 2.94 bits per heavy atom. The molecular weight excluding hydrogens is 432 g/mol. The summed E-state index contributed by atoms with van der Waals surface area (Å²) in [7, 11) is 0. The summed E-state index contributed by atoms with van der Waals surface area (Å²) >= 11 is 7.91. The zero-order chi connectivity index (χ0) is 22.4. The number of thiazole rings is 1. The molecule has 5 rings (SSSR count). The van der Waals surface area contributed by atoms with Gasteiger partial charge in [0.2, 0.25) is 0 Å². The zero-order valence-corrected chi connectivity index (χ0v) is 18.7. The van der Waals surface area contributed by atoms with Gasteiger partial charge < -0.3 is 0 Å². The first kappa shape index (κ1) is 18.9. The van der Waals surface area contributed by atoms with Crippen LogP contribution in [0.15, 0.2) is 48.8 Å². The second-order valence-corrected chi connectivity index (χ2v) is 9.47. The minimum atomic E-state index is -0.162. The average Bonchev–Trinajstić information content (AvgIpc) is 3.44. The van der Waals surface area contributed by atoms with Crippen molar-refractivity contribution in [1.29, 1.82) is 0 Å². The first-order valence-corrected chi connectivity index (χ1v) is 11.2. The molecule has 7 nitrogen and oxygen atoms in total. The fourth-order valence-corrected chi connectivity index (χ4v) is 5.04. The van der Waals surface area contributed by atoms with Gasteiger partial charge >= 0.3 is 0 Å². The number of carbonyl (C=O) groups is 1. The Morgan fingerprint density at radius 1 is 1.26 bits per heavy atom. The highest BCUT2D eigenvalue weighted by Gasteiger charge is 2.33. The van der Waals surface area contributed by atoms with Crippen molar-refractivity contribution >= 4 is 39.1 Å². The van der Waals surface area contributed by atoms with Gasteiger partial charge in [-0.05, 0) is 48.7 Å². The minimum absolute atomic E-state index is 0.0310. The van der Waals surface area contributed by atoms with Crippen LogP contribution in [-0.2, 0) is 6.54 Å². The van der Waals surface area contributed by atoms with Crippen LogP contribution >= 0.6 is 22.9 Å². The number of halogens is 1. The summed E-state index contributed by atoms with van der Waals surface area (Å²) in [5.74, 6) is 0.170. The van der Waals surface area contributed by atoms with Crippen molar-refractivity contribution in [3.8, 4) is 5.69 Å². The maximum absolute atomic E-state index is 13.7. The monoisotopic (exact) mass is 453 g/mol. The van der Waals surface area contributed by atoms with E-state index in [4.69, 9.17) is 13.0 Å². The van der Waals surface area contributed by atoms with Gasteiger partial charge in [0.25, 0.3) is 5.91 Å². The number of hydrazine groups is 1. The van der Waals surface area contributed by atoms with Crippen molar-refractivity contribution in [2.45, 2.75) is 20.4 Å². The quantitative estimate of drug-likeness (QED) is 0.459. The number of aromatic nitrogens is 4. The molecule has 0 saturated carbocycles. The van der Waals surface area contributed by atoms with Gasteiger partial charge in [-0.1, -0.05) is 24.6 Å². The van der Waals surface area contributed by atoms with Crippen LogP contribution in [-0.4, -0.2) is 49.0 Å². The number of hydrogen-bond donors (Lipinski definition) is 0. The summed E-state index contributed by atoms with van der Waals surface area (Å²) in [6, 6.07) is 11.3. The summed E-state index contributed by atoms with van der Waals surface area (Å²) in [5.41, 5.74) is 3.04. The highest BCUT2D eigenvalue weighted by Crippen LogP contribution is 2.28. The van der Waals surface area contributed by atoms with Crippen LogP contribution in [0.1, 0.15) is 29.2 Å². The second kappa shape index (κ2) is 8.03. The third-order valence-electron chi connectivity index (χ3n) is 5.29. The molecule has 1 aliphatic rings. The van der Waals surface area contributed by atoms with E-state index in [1.54, 1.807) is 34.5 Å². The Hall–Kier alpha value is -2.81. The van der Waals surface area contributed by atoms with Gasteiger partial charge in [-0.25, -0.2) is 9.99 Å². The molecule has 2 aromatic heterocycles. The highest BCUT2D eigenvalue weighted by molar-refractivity contribution is 7.18. The van der Waals surface area contributed by atoms with Crippen molar-refractivity contribution in [2.24, 2.45) is 5.92 Å². The Balaban J connectivity index is 1.46. The highest BCUT2D eigenvalue weighted by atomic mass is 35.5. The standard InChI is InChI=1S/C22H21ClN6OS/c1-14-11-27(13-16-3-5-19-21(9-16)31-15(2)26-19)28(12-14)22(30)18-10-17(23)4-6-20(18)29-24-7-8-25-29/h3-10,14H,11-13H2,1-2H3/t14-/m1/s1/i7D. The first-order valence-electron chi connectivity index (χ1n) is 10.5. The van der Waals surface area contributed by atoms with Crippen LogP contribution in [0.25, 0.3) is 15.9 Å². The van der Waals surface area contributed by atoms with Crippen LogP contribution in [0.4, 0.5) is 0 Å². The normalized spacial score (nSPS) is 17.5. The predicted octanol–water partition coefficient (Wildman–Crippen LogP) is 4.35. The Morgan fingerprint density at radius 2 is 2.13 bits per heavy atom. The summed E-state index contributed by atoms with van der Waals surface area (Å²) in [4.78, 5) is 19.5. The molecule has 1 aliphatic heterocycles. The van der Waals surface area contributed by atoms with E-state index in [9.17, 15) is 4.79 Å². The number of benzene rings is 2. The van der Waals surface area contributed by atoms with E-state index in [0.29, 0.717) is 35.3 Å². The van der Waals surface area contributed by atoms with Crippen LogP contribution in [0.2, 0.25) is 5.02 Å². The third kappa shape index (κ3) is 3.94. The van der Waals surface area contributed by atoms with Crippen molar-refractivity contribution < 1.29 is 6.17 Å². The fraction of sp³-hybridized carbons (Fsp3) is 0.273. The summed E-state index contributed by atoms with van der Waals surface area (Å²) < 4.78 is 8.82.